The van der Waals surface area contributed by atoms with Gasteiger partial charge in [-0.3, -0.25) is 4.79 Å². The van der Waals surface area contributed by atoms with Crippen LogP contribution in [0.1, 0.15) is 24.8 Å². The van der Waals surface area contributed by atoms with E-state index in [9.17, 15) is 4.79 Å². The molecule has 1 amide bonds. The van der Waals surface area contributed by atoms with Crippen LogP contribution >= 0.6 is 0 Å². The zero-order valence-electron chi connectivity index (χ0n) is 12.3. The third kappa shape index (κ3) is 3.24. The first kappa shape index (κ1) is 14.1. The average molecular weight is 282 g/mol. The molecule has 3 N–H and O–H groups in total. The summed E-state index contributed by atoms with van der Waals surface area (Å²) in [5.74, 6) is 0.106. The van der Waals surface area contributed by atoms with E-state index >= 15 is 0 Å². The van der Waals surface area contributed by atoms with E-state index in [4.69, 9.17) is 5.73 Å². The molecular formula is C18H22N2O. The van der Waals surface area contributed by atoms with E-state index in [1.165, 1.54) is 23.6 Å². The lowest BCUT2D eigenvalue weighted by molar-refractivity contribution is -0.120. The standard InChI is InChI=1S/C18H22N2O/c19-11-10-18(8-9-18)13-20-17(21)12-15-6-3-5-14-4-1-2-7-16(14)15/h1-7H,8-13,19H2,(H,20,21). The average Bonchev–Trinajstić information content (AvgIpc) is 3.26. The van der Waals surface area contributed by atoms with Crippen molar-refractivity contribution >= 4 is 16.7 Å². The summed E-state index contributed by atoms with van der Waals surface area (Å²) in [6, 6.07) is 14.3. The van der Waals surface area contributed by atoms with E-state index in [0.29, 0.717) is 18.4 Å². The molecule has 0 atom stereocenters. The van der Waals surface area contributed by atoms with Gasteiger partial charge in [0.25, 0.3) is 0 Å². The number of hydrogen-bond donors (Lipinski definition) is 2. The van der Waals surface area contributed by atoms with Crippen molar-refractivity contribution in [3.05, 3.63) is 48.0 Å². The van der Waals surface area contributed by atoms with E-state index in [1.807, 2.05) is 24.3 Å². The second-order valence-electron chi connectivity index (χ2n) is 6.13. The highest BCUT2D eigenvalue weighted by atomic mass is 16.1. The third-order valence-electron chi connectivity index (χ3n) is 4.52. The molecule has 0 bridgehead atoms. The van der Waals surface area contributed by atoms with Gasteiger partial charge in [0.2, 0.25) is 5.91 Å². The molecule has 110 valence electrons. The Labute approximate surface area is 125 Å². The van der Waals surface area contributed by atoms with Gasteiger partial charge in [-0.05, 0) is 47.6 Å². The zero-order chi connectivity index (χ0) is 14.7. The molecule has 0 spiro atoms. The van der Waals surface area contributed by atoms with Crippen molar-refractivity contribution in [2.45, 2.75) is 25.7 Å². The maximum Gasteiger partial charge on any atom is 0.224 e. The minimum absolute atomic E-state index is 0.106. The van der Waals surface area contributed by atoms with Crippen molar-refractivity contribution in [1.82, 2.24) is 5.32 Å². The first-order valence-electron chi connectivity index (χ1n) is 7.66. The van der Waals surface area contributed by atoms with Crippen molar-refractivity contribution in [2.75, 3.05) is 13.1 Å². The first-order valence-corrected chi connectivity index (χ1v) is 7.66. The number of fused-ring (bicyclic) bond motifs is 1. The van der Waals surface area contributed by atoms with Crippen LogP contribution in [-0.2, 0) is 11.2 Å². The number of carbonyl (C=O) groups is 1. The van der Waals surface area contributed by atoms with Gasteiger partial charge in [-0.1, -0.05) is 42.5 Å². The lowest BCUT2D eigenvalue weighted by atomic mass is 10.0. The summed E-state index contributed by atoms with van der Waals surface area (Å²) in [7, 11) is 0. The molecule has 1 fully saturated rings. The summed E-state index contributed by atoms with van der Waals surface area (Å²) < 4.78 is 0. The van der Waals surface area contributed by atoms with Gasteiger partial charge in [0.1, 0.15) is 0 Å². The van der Waals surface area contributed by atoms with Crippen LogP contribution in [0.25, 0.3) is 10.8 Å². The molecule has 0 heterocycles. The molecule has 2 aromatic carbocycles. The maximum absolute atomic E-state index is 12.2. The van der Waals surface area contributed by atoms with E-state index in [1.54, 1.807) is 0 Å². The smallest absolute Gasteiger partial charge is 0.224 e. The Kier molecular flexibility index (Phi) is 3.93. The summed E-state index contributed by atoms with van der Waals surface area (Å²) >= 11 is 0. The molecule has 1 saturated carbocycles. The Balaban J connectivity index is 1.64. The van der Waals surface area contributed by atoms with E-state index in [0.717, 1.165) is 18.5 Å². The van der Waals surface area contributed by atoms with E-state index in [2.05, 4.69) is 23.5 Å². The largest absolute Gasteiger partial charge is 0.355 e. The van der Waals surface area contributed by atoms with Crippen molar-refractivity contribution in [1.29, 1.82) is 0 Å². The normalized spacial score (nSPS) is 15.9. The fraction of sp³-hybridized carbons (Fsp3) is 0.389. The number of rotatable bonds is 6. The summed E-state index contributed by atoms with van der Waals surface area (Å²) in [5.41, 5.74) is 7.02. The van der Waals surface area contributed by atoms with E-state index < -0.39 is 0 Å². The monoisotopic (exact) mass is 282 g/mol. The Morgan fingerprint density at radius 2 is 1.90 bits per heavy atom. The Hall–Kier alpha value is -1.87. The second-order valence-corrected chi connectivity index (χ2v) is 6.13. The topological polar surface area (TPSA) is 55.1 Å². The number of hydrogen-bond acceptors (Lipinski definition) is 2. The van der Waals surface area contributed by atoms with Gasteiger partial charge in [-0.15, -0.1) is 0 Å². The molecule has 3 heteroatoms. The lowest BCUT2D eigenvalue weighted by Gasteiger charge is -2.15. The van der Waals surface area contributed by atoms with Gasteiger partial charge in [0.15, 0.2) is 0 Å². The summed E-state index contributed by atoms with van der Waals surface area (Å²) in [6.07, 6.45) is 3.85. The van der Waals surface area contributed by atoms with Crippen LogP contribution in [0.2, 0.25) is 0 Å². The van der Waals surface area contributed by atoms with Crippen LogP contribution in [0.15, 0.2) is 42.5 Å². The maximum atomic E-state index is 12.2. The summed E-state index contributed by atoms with van der Waals surface area (Å²) in [5, 5.41) is 5.44. The van der Waals surface area contributed by atoms with Crippen molar-refractivity contribution in [3.8, 4) is 0 Å². The van der Waals surface area contributed by atoms with Crippen LogP contribution in [0.5, 0.6) is 0 Å². The van der Waals surface area contributed by atoms with Gasteiger partial charge in [0, 0.05) is 6.54 Å². The number of amides is 1. The molecule has 0 aliphatic heterocycles. The van der Waals surface area contributed by atoms with Gasteiger partial charge >= 0.3 is 0 Å². The minimum Gasteiger partial charge on any atom is -0.355 e. The van der Waals surface area contributed by atoms with Crippen LogP contribution in [-0.4, -0.2) is 19.0 Å². The van der Waals surface area contributed by atoms with Gasteiger partial charge in [-0.2, -0.15) is 0 Å². The Morgan fingerprint density at radius 3 is 2.67 bits per heavy atom. The minimum atomic E-state index is 0.106. The Bertz CT molecular complexity index is 641. The molecule has 0 saturated heterocycles. The lowest BCUT2D eigenvalue weighted by Crippen LogP contribution is -2.32. The number of carbonyl (C=O) groups excluding carboxylic acids is 1. The summed E-state index contributed by atoms with van der Waals surface area (Å²) in [6.45, 7) is 1.48. The highest BCUT2D eigenvalue weighted by Gasteiger charge is 2.41. The van der Waals surface area contributed by atoms with Crippen LogP contribution in [0, 0.1) is 5.41 Å². The quantitative estimate of drug-likeness (QED) is 0.855. The van der Waals surface area contributed by atoms with E-state index in [-0.39, 0.29) is 5.91 Å². The highest BCUT2D eigenvalue weighted by molar-refractivity contribution is 5.90. The van der Waals surface area contributed by atoms with Crippen molar-refractivity contribution < 1.29 is 4.79 Å². The molecular weight excluding hydrogens is 260 g/mol. The molecule has 1 aliphatic carbocycles. The summed E-state index contributed by atoms with van der Waals surface area (Å²) in [4.78, 5) is 12.2. The third-order valence-corrected chi connectivity index (χ3v) is 4.52. The van der Waals surface area contributed by atoms with Crippen molar-refractivity contribution in [2.24, 2.45) is 11.1 Å². The van der Waals surface area contributed by atoms with Crippen LogP contribution in [0.4, 0.5) is 0 Å². The molecule has 3 rings (SSSR count). The molecule has 0 unspecified atom stereocenters. The predicted octanol–water partition coefficient (Wildman–Crippen LogP) is 2.63. The van der Waals surface area contributed by atoms with Gasteiger partial charge in [0.05, 0.1) is 6.42 Å². The zero-order valence-corrected chi connectivity index (χ0v) is 12.3. The van der Waals surface area contributed by atoms with Crippen LogP contribution in [0.3, 0.4) is 0 Å². The molecule has 1 aliphatic rings. The Morgan fingerprint density at radius 1 is 1.14 bits per heavy atom. The van der Waals surface area contributed by atoms with Crippen molar-refractivity contribution in [3.63, 3.8) is 0 Å². The molecule has 3 nitrogen and oxygen atoms in total. The van der Waals surface area contributed by atoms with Gasteiger partial charge < -0.3 is 11.1 Å². The second kappa shape index (κ2) is 5.86. The van der Waals surface area contributed by atoms with Gasteiger partial charge in [-0.25, -0.2) is 0 Å². The number of nitrogens with two attached hydrogens (primary N) is 1. The number of nitrogens with one attached hydrogen (secondary N) is 1. The first-order chi connectivity index (χ1) is 10.2. The molecule has 2 aromatic rings. The number of benzene rings is 2. The van der Waals surface area contributed by atoms with Crippen LogP contribution < -0.4 is 11.1 Å². The molecule has 0 aromatic heterocycles. The molecule has 21 heavy (non-hydrogen) atoms. The fourth-order valence-corrected chi connectivity index (χ4v) is 2.97. The predicted molar refractivity (Wildman–Crippen MR) is 86.0 cm³/mol. The highest BCUT2D eigenvalue weighted by Crippen LogP contribution is 2.47. The fourth-order valence-electron chi connectivity index (χ4n) is 2.97. The SMILES string of the molecule is NCCC1(CNC(=O)Cc2cccc3ccccc23)CC1. The molecule has 0 radical (unpaired) electrons.